The van der Waals surface area contributed by atoms with Gasteiger partial charge in [-0.25, -0.2) is 4.98 Å². The van der Waals surface area contributed by atoms with Crippen molar-refractivity contribution in [3.05, 3.63) is 35.5 Å². The van der Waals surface area contributed by atoms with Crippen molar-refractivity contribution < 1.29 is 4.74 Å². The predicted octanol–water partition coefficient (Wildman–Crippen LogP) is 3.13. The molecule has 0 fully saturated rings. The van der Waals surface area contributed by atoms with Crippen molar-refractivity contribution in [2.24, 2.45) is 0 Å². The summed E-state index contributed by atoms with van der Waals surface area (Å²) in [5, 5.41) is 1.24. The first-order valence-corrected chi connectivity index (χ1v) is 5.43. The van der Waals surface area contributed by atoms with Gasteiger partial charge in [0.15, 0.2) is 0 Å². The van der Waals surface area contributed by atoms with Crippen LogP contribution < -0.4 is 10.5 Å². The van der Waals surface area contributed by atoms with Gasteiger partial charge in [-0.3, -0.25) is 0 Å². The minimum atomic E-state index is 0.579. The van der Waals surface area contributed by atoms with Gasteiger partial charge in [-0.15, -0.1) is 0 Å². The van der Waals surface area contributed by atoms with Gasteiger partial charge in [0.25, 0.3) is 5.19 Å². The van der Waals surface area contributed by atoms with Crippen LogP contribution >= 0.6 is 11.3 Å². The van der Waals surface area contributed by atoms with E-state index in [0.717, 1.165) is 5.75 Å². The molecule has 0 aliphatic carbocycles. The smallest absolute Gasteiger partial charge is 0.280 e. The number of hydrogen-bond acceptors (Lipinski definition) is 4. The van der Waals surface area contributed by atoms with Crippen molar-refractivity contribution >= 4 is 16.3 Å². The van der Waals surface area contributed by atoms with Gasteiger partial charge in [0, 0.05) is 0 Å². The number of nitrogen functional groups attached to an aromatic ring is 1. The fraction of sp³-hybridized carbons (Fsp3) is 0.182. The van der Waals surface area contributed by atoms with Gasteiger partial charge in [0.2, 0.25) is 0 Å². The molecule has 0 spiro atoms. The van der Waals surface area contributed by atoms with Crippen molar-refractivity contribution in [1.82, 2.24) is 4.98 Å². The van der Waals surface area contributed by atoms with E-state index in [1.54, 1.807) is 6.20 Å². The minimum absolute atomic E-state index is 0.579. The van der Waals surface area contributed by atoms with E-state index in [4.69, 9.17) is 10.5 Å². The molecule has 2 aromatic rings. The van der Waals surface area contributed by atoms with Gasteiger partial charge in [0.1, 0.15) is 10.8 Å². The maximum atomic E-state index is 5.56. The average molecular weight is 220 g/mol. The van der Waals surface area contributed by atoms with Crippen LogP contribution in [0.2, 0.25) is 0 Å². The number of rotatable bonds is 2. The number of nitrogens with zero attached hydrogens (tertiary/aromatic N) is 1. The van der Waals surface area contributed by atoms with E-state index in [9.17, 15) is 0 Å². The molecular weight excluding hydrogens is 208 g/mol. The second kappa shape index (κ2) is 3.90. The molecule has 0 unspecified atom stereocenters. The van der Waals surface area contributed by atoms with E-state index in [0.29, 0.717) is 10.2 Å². The van der Waals surface area contributed by atoms with Gasteiger partial charge in [-0.2, -0.15) is 0 Å². The zero-order valence-corrected chi connectivity index (χ0v) is 9.47. The molecule has 0 bridgehead atoms. The van der Waals surface area contributed by atoms with Crippen LogP contribution in [-0.4, -0.2) is 4.98 Å². The number of hydrogen-bond donors (Lipinski definition) is 1. The first-order valence-electron chi connectivity index (χ1n) is 4.61. The summed E-state index contributed by atoms with van der Waals surface area (Å²) in [5.74, 6) is 0.799. The maximum Gasteiger partial charge on any atom is 0.280 e. The Morgan fingerprint density at radius 3 is 2.67 bits per heavy atom. The Hall–Kier alpha value is -1.55. The van der Waals surface area contributed by atoms with E-state index >= 15 is 0 Å². The minimum Gasteiger partial charge on any atom is -0.431 e. The Kier molecular flexibility index (Phi) is 2.60. The molecule has 1 aromatic carbocycles. The van der Waals surface area contributed by atoms with Crippen LogP contribution in [0.25, 0.3) is 0 Å². The second-order valence-corrected chi connectivity index (χ2v) is 4.40. The number of ether oxygens (including phenoxy) is 1. The highest BCUT2D eigenvalue weighted by Gasteiger charge is 2.02. The van der Waals surface area contributed by atoms with Crippen molar-refractivity contribution in [2.75, 3.05) is 5.73 Å². The standard InChI is InChI=1S/C11H12N2OS/c1-7-3-4-9(5-8(7)2)14-11-13-6-10(12)15-11/h3-6H,12H2,1-2H3. The van der Waals surface area contributed by atoms with Crippen LogP contribution in [0.3, 0.4) is 0 Å². The van der Waals surface area contributed by atoms with Crippen LogP contribution in [0.1, 0.15) is 11.1 Å². The molecule has 0 amide bonds. The topological polar surface area (TPSA) is 48.1 Å². The maximum absolute atomic E-state index is 5.56. The SMILES string of the molecule is Cc1ccc(Oc2ncc(N)s2)cc1C. The average Bonchev–Trinajstić information content (AvgIpc) is 2.58. The molecule has 4 heteroatoms. The van der Waals surface area contributed by atoms with Crippen molar-refractivity contribution in [3.63, 3.8) is 0 Å². The molecule has 1 heterocycles. The summed E-state index contributed by atoms with van der Waals surface area (Å²) in [7, 11) is 0. The largest absolute Gasteiger partial charge is 0.431 e. The van der Waals surface area contributed by atoms with Crippen LogP contribution in [0, 0.1) is 13.8 Å². The zero-order valence-electron chi connectivity index (χ0n) is 8.65. The summed E-state index contributed by atoms with van der Waals surface area (Å²) in [6, 6.07) is 5.95. The molecule has 0 radical (unpaired) electrons. The lowest BCUT2D eigenvalue weighted by Crippen LogP contribution is -1.85. The number of nitrogens with two attached hydrogens (primary N) is 1. The number of aromatic nitrogens is 1. The lowest BCUT2D eigenvalue weighted by atomic mass is 10.1. The van der Waals surface area contributed by atoms with Gasteiger partial charge < -0.3 is 10.5 Å². The van der Waals surface area contributed by atoms with E-state index in [2.05, 4.69) is 18.8 Å². The van der Waals surface area contributed by atoms with E-state index in [-0.39, 0.29) is 0 Å². The summed E-state index contributed by atoms with van der Waals surface area (Å²) in [6.45, 7) is 4.12. The highest BCUT2D eigenvalue weighted by molar-refractivity contribution is 7.17. The third-order valence-corrected chi connectivity index (χ3v) is 2.89. The molecule has 0 aliphatic rings. The number of benzene rings is 1. The summed E-state index contributed by atoms with van der Waals surface area (Å²) in [5.41, 5.74) is 8.02. The molecule has 0 atom stereocenters. The van der Waals surface area contributed by atoms with E-state index < -0.39 is 0 Å². The zero-order chi connectivity index (χ0) is 10.8. The van der Waals surface area contributed by atoms with Crippen LogP contribution in [-0.2, 0) is 0 Å². The van der Waals surface area contributed by atoms with Gasteiger partial charge >= 0.3 is 0 Å². The fourth-order valence-electron chi connectivity index (χ4n) is 1.20. The Morgan fingerprint density at radius 2 is 2.07 bits per heavy atom. The lowest BCUT2D eigenvalue weighted by molar-refractivity contribution is 0.478. The predicted molar refractivity (Wildman–Crippen MR) is 62.5 cm³/mol. The monoisotopic (exact) mass is 220 g/mol. The molecule has 3 nitrogen and oxygen atoms in total. The highest BCUT2D eigenvalue weighted by Crippen LogP contribution is 2.28. The number of aryl methyl sites for hydroxylation is 2. The van der Waals surface area contributed by atoms with Gasteiger partial charge in [-0.05, 0) is 37.1 Å². The number of anilines is 1. The molecule has 0 saturated carbocycles. The summed E-state index contributed by atoms with van der Waals surface area (Å²) >= 11 is 1.34. The first kappa shape index (κ1) is 9.98. The van der Waals surface area contributed by atoms with E-state index in [1.165, 1.54) is 22.5 Å². The molecule has 15 heavy (non-hydrogen) atoms. The Balaban J connectivity index is 2.21. The molecular formula is C11H12N2OS. The summed E-state index contributed by atoms with van der Waals surface area (Å²) < 4.78 is 5.56. The van der Waals surface area contributed by atoms with E-state index in [1.807, 2.05) is 18.2 Å². The third kappa shape index (κ3) is 2.27. The van der Waals surface area contributed by atoms with Gasteiger partial charge in [0.05, 0.1) is 6.20 Å². The lowest BCUT2D eigenvalue weighted by Gasteiger charge is -2.04. The fourth-order valence-corrected chi connectivity index (χ4v) is 1.75. The Morgan fingerprint density at radius 1 is 1.27 bits per heavy atom. The van der Waals surface area contributed by atoms with Crippen LogP contribution in [0.5, 0.6) is 10.9 Å². The van der Waals surface area contributed by atoms with Crippen LogP contribution in [0.4, 0.5) is 5.00 Å². The molecule has 78 valence electrons. The van der Waals surface area contributed by atoms with Crippen molar-refractivity contribution in [2.45, 2.75) is 13.8 Å². The van der Waals surface area contributed by atoms with Crippen molar-refractivity contribution in [1.29, 1.82) is 0 Å². The third-order valence-electron chi connectivity index (χ3n) is 2.19. The molecule has 2 rings (SSSR count). The quantitative estimate of drug-likeness (QED) is 0.845. The van der Waals surface area contributed by atoms with Gasteiger partial charge in [-0.1, -0.05) is 17.4 Å². The van der Waals surface area contributed by atoms with Crippen LogP contribution in [0.15, 0.2) is 24.4 Å². The highest BCUT2D eigenvalue weighted by atomic mass is 32.1. The summed E-state index contributed by atoms with van der Waals surface area (Å²) in [4.78, 5) is 4.03. The molecule has 0 saturated heterocycles. The van der Waals surface area contributed by atoms with Crippen molar-refractivity contribution in [3.8, 4) is 10.9 Å². The summed E-state index contributed by atoms with van der Waals surface area (Å²) in [6.07, 6.45) is 1.60. The second-order valence-electron chi connectivity index (χ2n) is 3.38. The molecule has 0 aliphatic heterocycles. The Bertz CT molecular complexity index is 479. The molecule has 2 N–H and O–H groups in total. The molecule has 1 aromatic heterocycles. The Labute approximate surface area is 92.5 Å². The number of thiazole rings is 1. The normalized spacial score (nSPS) is 10.3. The first-order chi connectivity index (χ1) is 7.15.